The fraction of sp³-hybridized carbons (Fsp3) is 0.421. The minimum absolute atomic E-state index is 0.0661. The van der Waals surface area contributed by atoms with Gasteiger partial charge in [-0.25, -0.2) is 0 Å². The van der Waals surface area contributed by atoms with Crippen LogP contribution in [0.2, 0.25) is 0 Å². The molecular formula is C19H21N3O3. The normalized spacial score (nSPS) is 19.8. The van der Waals surface area contributed by atoms with Crippen molar-refractivity contribution in [2.24, 2.45) is 0 Å². The first-order valence-corrected chi connectivity index (χ1v) is 8.80. The van der Waals surface area contributed by atoms with Gasteiger partial charge in [-0.05, 0) is 24.8 Å². The minimum Gasteiger partial charge on any atom is -0.360 e. The summed E-state index contributed by atoms with van der Waals surface area (Å²) in [5.41, 5.74) is 2.42. The molecule has 2 heterocycles. The van der Waals surface area contributed by atoms with E-state index in [1.807, 2.05) is 30.3 Å². The molecule has 2 amide bonds. The van der Waals surface area contributed by atoms with Gasteiger partial charge in [0, 0.05) is 31.5 Å². The van der Waals surface area contributed by atoms with E-state index >= 15 is 0 Å². The van der Waals surface area contributed by atoms with E-state index in [-0.39, 0.29) is 17.9 Å². The largest absolute Gasteiger partial charge is 0.360 e. The molecule has 2 aromatic rings. The Bertz CT molecular complexity index is 784. The van der Waals surface area contributed by atoms with Crippen LogP contribution in [0, 0.1) is 0 Å². The Balaban J connectivity index is 1.39. The Morgan fingerprint density at radius 2 is 2.04 bits per heavy atom. The Morgan fingerprint density at radius 1 is 1.24 bits per heavy atom. The molecule has 1 unspecified atom stereocenters. The number of likely N-dealkylation sites (tertiary alicyclic amines) is 1. The Hall–Kier alpha value is -2.63. The van der Waals surface area contributed by atoms with Crippen LogP contribution in [0.15, 0.2) is 34.9 Å². The van der Waals surface area contributed by atoms with Crippen LogP contribution >= 0.6 is 0 Å². The van der Waals surface area contributed by atoms with Crippen molar-refractivity contribution >= 4 is 11.8 Å². The molecule has 6 heteroatoms. The van der Waals surface area contributed by atoms with E-state index in [9.17, 15) is 9.59 Å². The number of aryl methyl sites for hydroxylation is 1. The quantitative estimate of drug-likeness (QED) is 0.925. The van der Waals surface area contributed by atoms with E-state index in [4.69, 9.17) is 4.52 Å². The lowest BCUT2D eigenvalue weighted by Gasteiger charge is -2.17. The summed E-state index contributed by atoms with van der Waals surface area (Å²) in [5.74, 6) is 0.673. The second kappa shape index (κ2) is 6.70. The molecule has 130 valence electrons. The third-order valence-electron chi connectivity index (χ3n) is 4.93. The van der Waals surface area contributed by atoms with E-state index in [0.717, 1.165) is 42.6 Å². The summed E-state index contributed by atoms with van der Waals surface area (Å²) < 4.78 is 5.31. The number of carbonyl (C=O) groups excluding carboxylic acids is 2. The number of nitrogens with zero attached hydrogens (tertiary/aromatic N) is 2. The van der Waals surface area contributed by atoms with Gasteiger partial charge in [-0.1, -0.05) is 35.5 Å². The van der Waals surface area contributed by atoms with Gasteiger partial charge < -0.3 is 14.7 Å². The Labute approximate surface area is 146 Å². The molecular weight excluding hydrogens is 318 g/mol. The summed E-state index contributed by atoms with van der Waals surface area (Å²) in [7, 11) is 0. The number of aromatic nitrogens is 1. The summed E-state index contributed by atoms with van der Waals surface area (Å²) in [6.07, 6.45) is 4.16. The van der Waals surface area contributed by atoms with Crippen LogP contribution in [-0.2, 0) is 24.2 Å². The first-order valence-electron chi connectivity index (χ1n) is 8.80. The van der Waals surface area contributed by atoms with E-state index in [1.165, 1.54) is 0 Å². The SMILES string of the molecule is O=C(NC1CC(=O)N(Cc2ccccc2)C1)c1noc2c1CCCC2. The Kier molecular flexibility index (Phi) is 4.26. The zero-order valence-corrected chi connectivity index (χ0v) is 14.0. The lowest BCUT2D eigenvalue weighted by Crippen LogP contribution is -2.37. The minimum atomic E-state index is -0.230. The van der Waals surface area contributed by atoms with Crippen LogP contribution < -0.4 is 5.32 Å². The number of fused-ring (bicyclic) bond motifs is 1. The first-order chi connectivity index (χ1) is 12.2. The van der Waals surface area contributed by atoms with Gasteiger partial charge >= 0.3 is 0 Å². The highest BCUT2D eigenvalue weighted by Gasteiger charge is 2.32. The Morgan fingerprint density at radius 3 is 2.88 bits per heavy atom. The fourth-order valence-corrected chi connectivity index (χ4v) is 3.64. The molecule has 1 aliphatic carbocycles. The topological polar surface area (TPSA) is 75.4 Å². The zero-order chi connectivity index (χ0) is 17.2. The number of hydrogen-bond donors (Lipinski definition) is 1. The van der Waals surface area contributed by atoms with E-state index in [0.29, 0.717) is 25.2 Å². The van der Waals surface area contributed by atoms with Gasteiger partial charge in [0.15, 0.2) is 5.69 Å². The van der Waals surface area contributed by atoms with Crippen molar-refractivity contribution in [2.75, 3.05) is 6.54 Å². The lowest BCUT2D eigenvalue weighted by atomic mass is 9.96. The molecule has 0 spiro atoms. The molecule has 1 saturated heterocycles. The number of rotatable bonds is 4. The number of benzene rings is 1. The zero-order valence-electron chi connectivity index (χ0n) is 14.0. The molecule has 0 bridgehead atoms. The lowest BCUT2D eigenvalue weighted by molar-refractivity contribution is -0.128. The number of amides is 2. The van der Waals surface area contributed by atoms with Crippen LogP contribution in [-0.4, -0.2) is 34.5 Å². The molecule has 2 aliphatic rings. The maximum Gasteiger partial charge on any atom is 0.274 e. The second-order valence-electron chi connectivity index (χ2n) is 6.77. The monoisotopic (exact) mass is 339 g/mol. The van der Waals surface area contributed by atoms with Gasteiger partial charge in [0.2, 0.25) is 5.91 Å². The highest BCUT2D eigenvalue weighted by molar-refractivity contribution is 5.94. The molecule has 0 radical (unpaired) electrons. The summed E-state index contributed by atoms with van der Waals surface area (Å²) >= 11 is 0. The van der Waals surface area contributed by atoms with Crippen molar-refractivity contribution in [3.05, 3.63) is 52.9 Å². The van der Waals surface area contributed by atoms with Crippen LogP contribution in [0.25, 0.3) is 0 Å². The van der Waals surface area contributed by atoms with Gasteiger partial charge in [0.05, 0.1) is 6.04 Å². The molecule has 1 N–H and O–H groups in total. The second-order valence-corrected chi connectivity index (χ2v) is 6.77. The van der Waals surface area contributed by atoms with Crippen molar-refractivity contribution in [3.8, 4) is 0 Å². The molecule has 1 aromatic heterocycles. The molecule has 1 fully saturated rings. The van der Waals surface area contributed by atoms with Gasteiger partial charge in [-0.2, -0.15) is 0 Å². The van der Waals surface area contributed by atoms with Crippen molar-refractivity contribution in [1.82, 2.24) is 15.4 Å². The van der Waals surface area contributed by atoms with Gasteiger partial charge in [-0.15, -0.1) is 0 Å². The summed E-state index contributed by atoms with van der Waals surface area (Å²) in [6.45, 7) is 1.10. The smallest absolute Gasteiger partial charge is 0.274 e. The number of carbonyl (C=O) groups is 2. The predicted octanol–water partition coefficient (Wildman–Crippen LogP) is 2.08. The van der Waals surface area contributed by atoms with Gasteiger partial charge in [0.1, 0.15) is 5.76 Å². The maximum absolute atomic E-state index is 12.5. The highest BCUT2D eigenvalue weighted by atomic mass is 16.5. The van der Waals surface area contributed by atoms with E-state index in [1.54, 1.807) is 4.90 Å². The average molecular weight is 339 g/mol. The molecule has 0 saturated carbocycles. The molecule has 1 aromatic carbocycles. The van der Waals surface area contributed by atoms with E-state index in [2.05, 4.69) is 10.5 Å². The highest BCUT2D eigenvalue weighted by Crippen LogP contribution is 2.24. The van der Waals surface area contributed by atoms with Crippen LogP contribution in [0.5, 0.6) is 0 Å². The van der Waals surface area contributed by atoms with E-state index < -0.39 is 0 Å². The standard InChI is InChI=1S/C19H21N3O3/c23-17-10-14(12-22(17)11-13-6-2-1-3-7-13)20-19(24)18-15-8-4-5-9-16(15)25-21-18/h1-3,6-7,14H,4-5,8-12H2,(H,20,24). The molecule has 25 heavy (non-hydrogen) atoms. The number of nitrogens with one attached hydrogen (secondary N) is 1. The third kappa shape index (κ3) is 3.29. The van der Waals surface area contributed by atoms with Gasteiger partial charge in [-0.3, -0.25) is 9.59 Å². The van der Waals surface area contributed by atoms with Crippen molar-refractivity contribution in [1.29, 1.82) is 0 Å². The number of hydrogen-bond acceptors (Lipinski definition) is 4. The first kappa shape index (κ1) is 15.9. The summed E-state index contributed by atoms with van der Waals surface area (Å²) in [5, 5.41) is 6.91. The van der Waals surface area contributed by atoms with Crippen LogP contribution in [0.1, 0.15) is 46.6 Å². The molecule has 4 rings (SSSR count). The van der Waals surface area contributed by atoms with Crippen LogP contribution in [0.3, 0.4) is 0 Å². The van der Waals surface area contributed by atoms with Gasteiger partial charge in [0.25, 0.3) is 5.91 Å². The van der Waals surface area contributed by atoms with Crippen molar-refractivity contribution in [3.63, 3.8) is 0 Å². The van der Waals surface area contributed by atoms with Crippen molar-refractivity contribution < 1.29 is 14.1 Å². The molecule has 1 atom stereocenters. The van der Waals surface area contributed by atoms with Crippen LogP contribution in [0.4, 0.5) is 0 Å². The molecule has 6 nitrogen and oxygen atoms in total. The summed E-state index contributed by atoms with van der Waals surface area (Å²) in [4.78, 5) is 26.6. The maximum atomic E-state index is 12.5. The fourth-order valence-electron chi connectivity index (χ4n) is 3.64. The van der Waals surface area contributed by atoms with Crippen molar-refractivity contribution in [2.45, 2.75) is 44.7 Å². The summed E-state index contributed by atoms with van der Waals surface area (Å²) in [6, 6.07) is 9.70. The predicted molar refractivity (Wildman–Crippen MR) is 90.9 cm³/mol. The average Bonchev–Trinajstić information content (AvgIpc) is 3.19. The third-order valence-corrected chi connectivity index (χ3v) is 4.93. The molecule has 1 aliphatic heterocycles.